The second kappa shape index (κ2) is 6.26. The molecule has 1 aliphatic carbocycles. The van der Waals surface area contributed by atoms with Gasteiger partial charge in [0.2, 0.25) is 11.9 Å². The number of benzene rings is 1. The molecule has 1 saturated carbocycles. The number of aromatic amines is 1. The Balaban J connectivity index is 1.37. The van der Waals surface area contributed by atoms with Gasteiger partial charge in [-0.25, -0.2) is 9.67 Å². The van der Waals surface area contributed by atoms with Gasteiger partial charge in [-0.3, -0.25) is 4.79 Å². The Morgan fingerprint density at radius 1 is 1.34 bits per heavy atom. The van der Waals surface area contributed by atoms with Crippen LogP contribution in [0, 0.1) is 0 Å². The fourth-order valence-corrected chi connectivity index (χ4v) is 4.25. The van der Waals surface area contributed by atoms with Crippen molar-refractivity contribution < 1.29 is 4.79 Å². The predicted octanol–water partition coefficient (Wildman–Crippen LogP) is 2.38. The lowest BCUT2D eigenvalue weighted by atomic mass is 9.74. The van der Waals surface area contributed by atoms with E-state index < -0.39 is 0 Å². The van der Waals surface area contributed by atoms with Gasteiger partial charge in [0.1, 0.15) is 11.2 Å². The zero-order valence-corrected chi connectivity index (χ0v) is 16.5. The van der Waals surface area contributed by atoms with Crippen molar-refractivity contribution >= 4 is 33.9 Å². The lowest BCUT2D eigenvalue weighted by molar-refractivity contribution is -0.121. The maximum absolute atomic E-state index is 11.3. The number of hydrogen-bond donors (Lipinski definition) is 3. The third kappa shape index (κ3) is 3.08. The molecule has 5 rings (SSSR count). The Bertz CT molecular complexity index is 1230. The van der Waals surface area contributed by atoms with Crippen LogP contribution < -0.4 is 10.6 Å². The quantitative estimate of drug-likeness (QED) is 0.493. The smallest absolute Gasteiger partial charge is 0.224 e. The van der Waals surface area contributed by atoms with E-state index in [1.54, 1.807) is 11.6 Å². The van der Waals surface area contributed by atoms with Crippen molar-refractivity contribution in [3.63, 3.8) is 0 Å². The van der Waals surface area contributed by atoms with Gasteiger partial charge >= 0.3 is 0 Å². The van der Waals surface area contributed by atoms with Crippen LogP contribution in [0.2, 0.25) is 0 Å². The van der Waals surface area contributed by atoms with Gasteiger partial charge in [-0.1, -0.05) is 11.3 Å². The number of fused-ring (bicyclic) bond motifs is 2. The van der Waals surface area contributed by atoms with Crippen molar-refractivity contribution in [3.8, 4) is 11.1 Å². The van der Waals surface area contributed by atoms with Crippen LogP contribution in [0.4, 0.5) is 5.95 Å². The monoisotopic (exact) mass is 390 g/mol. The molecule has 0 unspecified atom stereocenters. The zero-order chi connectivity index (χ0) is 20.2. The highest BCUT2D eigenvalue weighted by atomic mass is 16.1. The maximum Gasteiger partial charge on any atom is 0.224 e. The Kier molecular flexibility index (Phi) is 3.80. The SMILES string of the molecule is CC(=O)NC1(C)CC(Nc2ncc3c(-c4ccc5nnn(C)c5c4)c[nH]c3n2)C1. The number of rotatable bonds is 4. The second-order valence-corrected chi connectivity index (χ2v) is 8.07. The van der Waals surface area contributed by atoms with E-state index in [1.807, 2.05) is 31.6 Å². The van der Waals surface area contributed by atoms with E-state index in [9.17, 15) is 4.79 Å². The van der Waals surface area contributed by atoms with Gasteiger partial charge in [-0.2, -0.15) is 4.98 Å². The van der Waals surface area contributed by atoms with Gasteiger partial charge in [0.15, 0.2) is 0 Å². The number of anilines is 1. The van der Waals surface area contributed by atoms with Gasteiger partial charge in [0.25, 0.3) is 0 Å². The van der Waals surface area contributed by atoms with Crippen LogP contribution in [0.5, 0.6) is 0 Å². The molecule has 0 atom stereocenters. The number of aromatic nitrogens is 6. The van der Waals surface area contributed by atoms with E-state index >= 15 is 0 Å². The van der Waals surface area contributed by atoms with E-state index in [0.29, 0.717) is 5.95 Å². The minimum Gasteiger partial charge on any atom is -0.351 e. The molecule has 0 spiro atoms. The topological polar surface area (TPSA) is 113 Å². The maximum atomic E-state index is 11.3. The van der Waals surface area contributed by atoms with Crippen molar-refractivity contribution in [2.75, 3.05) is 5.32 Å². The van der Waals surface area contributed by atoms with Crippen molar-refractivity contribution in [2.45, 2.75) is 38.3 Å². The van der Waals surface area contributed by atoms with Crippen LogP contribution in [0.3, 0.4) is 0 Å². The first-order chi connectivity index (χ1) is 13.9. The molecule has 3 N–H and O–H groups in total. The molecule has 0 aliphatic heterocycles. The Labute approximate surface area is 166 Å². The normalized spacial score (nSPS) is 21.3. The van der Waals surface area contributed by atoms with Crippen LogP contribution in [0.25, 0.3) is 33.2 Å². The fraction of sp³-hybridized carbons (Fsp3) is 0.350. The molecule has 3 heterocycles. The van der Waals surface area contributed by atoms with Crippen LogP contribution in [-0.4, -0.2) is 47.4 Å². The molecule has 148 valence electrons. The summed E-state index contributed by atoms with van der Waals surface area (Å²) < 4.78 is 1.76. The van der Waals surface area contributed by atoms with E-state index in [2.05, 4.69) is 48.9 Å². The van der Waals surface area contributed by atoms with Crippen molar-refractivity contribution in [1.82, 2.24) is 35.3 Å². The standard InChI is InChI=1S/C20H22N8O/c1-11(29)25-20(2)7-13(8-20)23-19-22-10-15-14(9-21-18(15)24-19)12-4-5-16-17(6-12)28(3)27-26-16/h4-6,9-10,13H,7-8H2,1-3H3,(H,25,29)(H2,21,22,23,24). The van der Waals surface area contributed by atoms with Gasteiger partial charge in [0, 0.05) is 48.9 Å². The zero-order valence-electron chi connectivity index (χ0n) is 16.5. The average molecular weight is 390 g/mol. The number of carbonyl (C=O) groups is 1. The molecule has 1 aromatic carbocycles. The first-order valence-corrected chi connectivity index (χ1v) is 9.59. The van der Waals surface area contributed by atoms with E-state index in [4.69, 9.17) is 0 Å². The largest absolute Gasteiger partial charge is 0.351 e. The molecule has 0 bridgehead atoms. The number of hydrogen-bond acceptors (Lipinski definition) is 6. The first-order valence-electron chi connectivity index (χ1n) is 9.59. The average Bonchev–Trinajstić information content (AvgIpc) is 3.23. The molecule has 9 nitrogen and oxygen atoms in total. The van der Waals surface area contributed by atoms with E-state index in [0.717, 1.165) is 46.0 Å². The van der Waals surface area contributed by atoms with Crippen molar-refractivity contribution in [3.05, 3.63) is 30.6 Å². The molecule has 1 amide bonds. The number of aryl methyl sites for hydroxylation is 1. The molecule has 0 radical (unpaired) electrons. The summed E-state index contributed by atoms with van der Waals surface area (Å²) in [4.78, 5) is 23.7. The predicted molar refractivity (Wildman–Crippen MR) is 110 cm³/mol. The Hall–Kier alpha value is -3.49. The molecule has 1 aliphatic rings. The highest BCUT2D eigenvalue weighted by Gasteiger charge is 2.41. The minimum absolute atomic E-state index is 0.00243. The third-order valence-corrected chi connectivity index (χ3v) is 5.56. The minimum atomic E-state index is -0.146. The summed E-state index contributed by atoms with van der Waals surface area (Å²) in [5.74, 6) is 0.592. The molecule has 1 fully saturated rings. The molecular formula is C20H22N8O. The second-order valence-electron chi connectivity index (χ2n) is 8.07. The molecule has 4 aromatic rings. The summed E-state index contributed by atoms with van der Waals surface area (Å²) in [6.45, 7) is 3.61. The summed E-state index contributed by atoms with van der Waals surface area (Å²) in [6, 6.07) is 6.32. The van der Waals surface area contributed by atoms with Gasteiger partial charge < -0.3 is 15.6 Å². The van der Waals surface area contributed by atoms with E-state index in [1.165, 1.54) is 0 Å². The number of carbonyl (C=O) groups excluding carboxylic acids is 1. The number of H-pyrrole nitrogens is 1. The Morgan fingerprint density at radius 3 is 2.97 bits per heavy atom. The van der Waals surface area contributed by atoms with Crippen LogP contribution in [0.1, 0.15) is 26.7 Å². The summed E-state index contributed by atoms with van der Waals surface area (Å²) >= 11 is 0. The summed E-state index contributed by atoms with van der Waals surface area (Å²) in [7, 11) is 1.88. The summed E-state index contributed by atoms with van der Waals surface area (Å²) in [5.41, 5.74) is 4.57. The van der Waals surface area contributed by atoms with Gasteiger partial charge in [0.05, 0.1) is 5.52 Å². The van der Waals surface area contributed by atoms with Crippen LogP contribution in [-0.2, 0) is 11.8 Å². The van der Waals surface area contributed by atoms with Crippen LogP contribution in [0.15, 0.2) is 30.6 Å². The highest BCUT2D eigenvalue weighted by Crippen LogP contribution is 2.34. The lowest BCUT2D eigenvalue weighted by Gasteiger charge is -2.45. The highest BCUT2D eigenvalue weighted by molar-refractivity contribution is 5.95. The lowest BCUT2D eigenvalue weighted by Crippen LogP contribution is -2.59. The van der Waals surface area contributed by atoms with E-state index in [-0.39, 0.29) is 17.5 Å². The van der Waals surface area contributed by atoms with Crippen molar-refractivity contribution in [1.29, 1.82) is 0 Å². The molecular weight excluding hydrogens is 368 g/mol. The van der Waals surface area contributed by atoms with Crippen LogP contribution >= 0.6 is 0 Å². The number of nitrogens with zero attached hydrogens (tertiary/aromatic N) is 5. The number of nitrogens with one attached hydrogen (secondary N) is 3. The van der Waals surface area contributed by atoms with Crippen molar-refractivity contribution in [2.24, 2.45) is 7.05 Å². The molecule has 29 heavy (non-hydrogen) atoms. The first kappa shape index (κ1) is 17.6. The molecule has 9 heteroatoms. The summed E-state index contributed by atoms with van der Waals surface area (Å²) in [5, 5.41) is 15.5. The molecule has 3 aromatic heterocycles. The molecule has 0 saturated heterocycles. The van der Waals surface area contributed by atoms with Gasteiger partial charge in [-0.05, 0) is 37.5 Å². The van der Waals surface area contributed by atoms with Gasteiger partial charge in [-0.15, -0.1) is 5.10 Å². The third-order valence-electron chi connectivity index (χ3n) is 5.56. The fourth-order valence-electron chi connectivity index (χ4n) is 4.25. The number of amides is 1. The summed E-state index contributed by atoms with van der Waals surface area (Å²) in [6.07, 6.45) is 5.49. The Morgan fingerprint density at radius 2 is 2.17 bits per heavy atom.